The Morgan fingerprint density at radius 3 is 2.09 bits per heavy atom. The van der Waals surface area contributed by atoms with Crippen LogP contribution in [0.3, 0.4) is 0 Å². The Hall–Kier alpha value is -4.10. The van der Waals surface area contributed by atoms with Gasteiger partial charge in [0.2, 0.25) is 11.7 Å². The van der Waals surface area contributed by atoms with E-state index in [9.17, 15) is 4.79 Å². The van der Waals surface area contributed by atoms with Crippen molar-refractivity contribution in [1.29, 1.82) is 0 Å². The van der Waals surface area contributed by atoms with E-state index in [4.69, 9.17) is 4.42 Å². The van der Waals surface area contributed by atoms with Gasteiger partial charge in [-0.15, -0.1) is 10.2 Å². The molecule has 0 aliphatic rings. The predicted octanol–water partition coefficient (Wildman–Crippen LogP) is 6.29. The van der Waals surface area contributed by atoms with Crippen LogP contribution in [0, 0.1) is 6.92 Å². The van der Waals surface area contributed by atoms with Gasteiger partial charge in [-0.25, -0.2) is 0 Å². The Morgan fingerprint density at radius 1 is 0.853 bits per heavy atom. The zero-order valence-corrected chi connectivity index (χ0v) is 19.4. The van der Waals surface area contributed by atoms with Crippen LogP contribution in [0.5, 0.6) is 0 Å². The largest absolute Gasteiger partial charge is 0.461 e. The van der Waals surface area contributed by atoms with Crippen LogP contribution in [0.25, 0.3) is 17.3 Å². The minimum atomic E-state index is -0.0552. The maximum absolute atomic E-state index is 13.5. The van der Waals surface area contributed by atoms with E-state index in [1.54, 1.807) is 11.2 Å². The van der Waals surface area contributed by atoms with E-state index < -0.39 is 0 Å². The molecule has 34 heavy (non-hydrogen) atoms. The number of amides is 1. The molecule has 0 N–H and O–H groups in total. The standard InChI is InChI=1S/C27H22N4O2S/c1-20-14-16-23(17-15-20)31-26(24-13-8-18-33-24)28-29-27(31)34-19-25(32)30(21-9-4-2-5-10-21)22-11-6-3-7-12-22/h2-18H,19H2,1H3. The molecule has 3 aromatic carbocycles. The molecule has 0 aliphatic heterocycles. The monoisotopic (exact) mass is 466 g/mol. The zero-order chi connectivity index (χ0) is 23.3. The number of rotatable bonds is 7. The molecule has 5 aromatic rings. The molecular formula is C27H22N4O2S. The molecule has 0 saturated heterocycles. The molecule has 0 bridgehead atoms. The first kappa shape index (κ1) is 21.7. The fourth-order valence-electron chi connectivity index (χ4n) is 3.64. The minimum Gasteiger partial charge on any atom is -0.461 e. The molecule has 2 heterocycles. The van der Waals surface area contributed by atoms with Crippen LogP contribution in [-0.2, 0) is 4.79 Å². The first-order chi connectivity index (χ1) is 16.7. The highest BCUT2D eigenvalue weighted by atomic mass is 32.2. The van der Waals surface area contributed by atoms with Crippen LogP contribution in [0.15, 0.2) is 113 Å². The van der Waals surface area contributed by atoms with Gasteiger partial charge in [0.15, 0.2) is 10.9 Å². The molecule has 1 amide bonds. The van der Waals surface area contributed by atoms with Crippen LogP contribution < -0.4 is 4.90 Å². The van der Waals surface area contributed by atoms with Crippen LogP contribution in [-0.4, -0.2) is 26.4 Å². The fourth-order valence-corrected chi connectivity index (χ4v) is 4.44. The van der Waals surface area contributed by atoms with E-state index in [2.05, 4.69) is 10.2 Å². The van der Waals surface area contributed by atoms with E-state index in [0.29, 0.717) is 16.7 Å². The van der Waals surface area contributed by atoms with E-state index in [0.717, 1.165) is 22.6 Å². The van der Waals surface area contributed by atoms with Crippen molar-refractivity contribution in [2.24, 2.45) is 0 Å². The molecule has 7 heteroatoms. The fraction of sp³-hybridized carbons (Fsp3) is 0.0741. The summed E-state index contributed by atoms with van der Waals surface area (Å²) in [5, 5.41) is 9.38. The highest BCUT2D eigenvalue weighted by Gasteiger charge is 2.22. The van der Waals surface area contributed by atoms with Crippen molar-refractivity contribution in [2.45, 2.75) is 12.1 Å². The van der Waals surface area contributed by atoms with E-state index in [1.165, 1.54) is 11.8 Å². The van der Waals surface area contributed by atoms with Crippen molar-refractivity contribution < 1.29 is 9.21 Å². The molecule has 6 nitrogen and oxygen atoms in total. The van der Waals surface area contributed by atoms with Crippen LogP contribution in [0.4, 0.5) is 11.4 Å². The van der Waals surface area contributed by atoms with Crippen molar-refractivity contribution in [2.75, 3.05) is 10.7 Å². The van der Waals surface area contributed by atoms with Gasteiger partial charge in [0.25, 0.3) is 0 Å². The number of anilines is 2. The molecule has 0 spiro atoms. The number of hydrogen-bond donors (Lipinski definition) is 0. The quantitative estimate of drug-likeness (QED) is 0.264. The van der Waals surface area contributed by atoms with Gasteiger partial charge in [0.05, 0.1) is 12.0 Å². The summed E-state index contributed by atoms with van der Waals surface area (Å²) in [6.45, 7) is 2.04. The van der Waals surface area contributed by atoms with Crippen molar-refractivity contribution in [1.82, 2.24) is 14.8 Å². The molecule has 0 saturated carbocycles. The second kappa shape index (κ2) is 9.80. The van der Waals surface area contributed by atoms with Gasteiger partial charge in [-0.2, -0.15) is 0 Å². The second-order valence-corrected chi connectivity index (χ2v) is 8.59. The normalized spacial score (nSPS) is 10.9. The Kier molecular flexibility index (Phi) is 6.27. The lowest BCUT2D eigenvalue weighted by atomic mass is 10.2. The summed E-state index contributed by atoms with van der Waals surface area (Å²) in [4.78, 5) is 15.2. The highest BCUT2D eigenvalue weighted by molar-refractivity contribution is 7.99. The van der Waals surface area contributed by atoms with Gasteiger partial charge in [-0.1, -0.05) is 65.9 Å². The smallest absolute Gasteiger partial charge is 0.242 e. The maximum atomic E-state index is 13.5. The molecule has 0 unspecified atom stereocenters. The number of carbonyl (C=O) groups excluding carboxylic acids is 1. The van der Waals surface area contributed by atoms with Gasteiger partial charge < -0.3 is 4.42 Å². The Balaban J connectivity index is 1.46. The number of para-hydroxylation sites is 2. The number of hydrogen-bond acceptors (Lipinski definition) is 5. The SMILES string of the molecule is Cc1ccc(-n2c(SCC(=O)N(c3ccccc3)c3ccccc3)nnc2-c2ccco2)cc1. The number of thioether (sulfide) groups is 1. The first-order valence-corrected chi connectivity index (χ1v) is 11.8. The molecule has 5 rings (SSSR count). The number of furan rings is 1. The van der Waals surface area contributed by atoms with Gasteiger partial charge >= 0.3 is 0 Å². The summed E-state index contributed by atoms with van der Waals surface area (Å²) in [5.74, 6) is 1.33. The third-order valence-corrected chi connectivity index (χ3v) is 6.18. The topological polar surface area (TPSA) is 64.2 Å². The van der Waals surface area contributed by atoms with Crippen LogP contribution in [0.2, 0.25) is 0 Å². The average molecular weight is 467 g/mol. The Morgan fingerprint density at radius 2 is 1.50 bits per heavy atom. The summed E-state index contributed by atoms with van der Waals surface area (Å²) in [6.07, 6.45) is 1.61. The van der Waals surface area contributed by atoms with E-state index >= 15 is 0 Å². The van der Waals surface area contributed by atoms with Crippen molar-refractivity contribution in [3.8, 4) is 17.3 Å². The summed E-state index contributed by atoms with van der Waals surface area (Å²) in [6, 6.07) is 31.1. The van der Waals surface area contributed by atoms with Gasteiger partial charge in [-0.3, -0.25) is 14.3 Å². The first-order valence-electron chi connectivity index (χ1n) is 10.8. The summed E-state index contributed by atoms with van der Waals surface area (Å²) < 4.78 is 7.51. The average Bonchev–Trinajstić information content (AvgIpc) is 3.55. The third kappa shape index (κ3) is 4.51. The van der Waals surface area contributed by atoms with Crippen LogP contribution in [0.1, 0.15) is 5.56 Å². The van der Waals surface area contributed by atoms with Gasteiger partial charge in [0, 0.05) is 17.1 Å². The van der Waals surface area contributed by atoms with Gasteiger partial charge in [-0.05, 0) is 55.5 Å². The van der Waals surface area contributed by atoms with Gasteiger partial charge in [0.1, 0.15) is 0 Å². The number of carbonyl (C=O) groups is 1. The molecule has 2 aromatic heterocycles. The third-order valence-electron chi connectivity index (χ3n) is 5.27. The number of aromatic nitrogens is 3. The minimum absolute atomic E-state index is 0.0552. The number of nitrogens with zero attached hydrogens (tertiary/aromatic N) is 4. The molecule has 168 valence electrons. The molecular weight excluding hydrogens is 444 g/mol. The second-order valence-electron chi connectivity index (χ2n) is 7.64. The van der Waals surface area contributed by atoms with E-state index in [-0.39, 0.29) is 11.7 Å². The van der Waals surface area contributed by atoms with Crippen LogP contribution >= 0.6 is 11.8 Å². The molecule has 0 atom stereocenters. The summed E-state index contributed by atoms with van der Waals surface area (Å²) >= 11 is 1.35. The van der Waals surface area contributed by atoms with Crippen molar-refractivity contribution in [3.05, 3.63) is 109 Å². The highest BCUT2D eigenvalue weighted by Crippen LogP contribution is 2.31. The molecule has 0 radical (unpaired) electrons. The molecule has 0 aliphatic carbocycles. The summed E-state index contributed by atoms with van der Waals surface area (Å²) in [7, 11) is 0. The van der Waals surface area contributed by atoms with Crippen molar-refractivity contribution in [3.63, 3.8) is 0 Å². The predicted molar refractivity (Wildman–Crippen MR) is 135 cm³/mol. The lowest BCUT2D eigenvalue weighted by Crippen LogP contribution is -2.27. The lowest BCUT2D eigenvalue weighted by Gasteiger charge is -2.23. The number of aryl methyl sites for hydroxylation is 1. The van der Waals surface area contributed by atoms with Crippen molar-refractivity contribution >= 4 is 29.0 Å². The summed E-state index contributed by atoms with van der Waals surface area (Å²) in [5.41, 5.74) is 3.69. The molecule has 0 fully saturated rings. The maximum Gasteiger partial charge on any atom is 0.242 e. The Labute approximate surface area is 201 Å². The lowest BCUT2D eigenvalue weighted by molar-refractivity contribution is -0.115. The Bertz CT molecular complexity index is 1330. The zero-order valence-electron chi connectivity index (χ0n) is 18.5. The van der Waals surface area contributed by atoms with E-state index in [1.807, 2.05) is 109 Å². The number of benzene rings is 3.